The van der Waals surface area contributed by atoms with Gasteiger partial charge in [0.15, 0.2) is 0 Å². The van der Waals surface area contributed by atoms with Crippen LogP contribution >= 0.6 is 22.6 Å². The Labute approximate surface area is 99.2 Å². The van der Waals surface area contributed by atoms with Gasteiger partial charge in [0, 0.05) is 0 Å². The summed E-state index contributed by atoms with van der Waals surface area (Å²) in [7, 11) is 0. The molecule has 0 N–H and O–H groups in total. The zero-order valence-corrected chi connectivity index (χ0v) is 11.0. The Morgan fingerprint density at radius 2 is 1.79 bits per heavy atom. The van der Waals surface area contributed by atoms with Gasteiger partial charge in [-0.25, -0.2) is 0 Å². The molecule has 0 bridgehead atoms. The SMILES string of the molecule is CC(C)=C/C=c1/cccc/c1=C(/C)I. The van der Waals surface area contributed by atoms with Crippen molar-refractivity contribution in [2.24, 2.45) is 0 Å². The summed E-state index contributed by atoms with van der Waals surface area (Å²) in [6.07, 6.45) is 4.32. The zero-order chi connectivity index (χ0) is 10.6. The van der Waals surface area contributed by atoms with E-state index in [9.17, 15) is 0 Å². The van der Waals surface area contributed by atoms with Crippen LogP contribution < -0.4 is 10.4 Å². The van der Waals surface area contributed by atoms with Crippen molar-refractivity contribution in [3.05, 3.63) is 46.4 Å². The van der Waals surface area contributed by atoms with E-state index in [-0.39, 0.29) is 0 Å². The van der Waals surface area contributed by atoms with Crippen LogP contribution in [0.15, 0.2) is 35.9 Å². The third-order valence-electron chi connectivity index (χ3n) is 1.93. The summed E-state index contributed by atoms with van der Waals surface area (Å²) in [5.74, 6) is 0. The minimum Gasteiger partial charge on any atom is -0.0764 e. The van der Waals surface area contributed by atoms with Gasteiger partial charge in [-0.1, -0.05) is 42.0 Å². The fourth-order valence-corrected chi connectivity index (χ4v) is 1.70. The van der Waals surface area contributed by atoms with Gasteiger partial charge >= 0.3 is 0 Å². The molecule has 1 heteroatoms. The Morgan fingerprint density at radius 1 is 1.14 bits per heavy atom. The predicted molar refractivity (Wildman–Crippen MR) is 72.7 cm³/mol. The summed E-state index contributed by atoms with van der Waals surface area (Å²) in [5.41, 5.74) is 1.32. The Balaban J connectivity index is 3.44. The number of halogens is 1. The molecule has 0 unspecified atom stereocenters. The first-order valence-electron chi connectivity index (χ1n) is 4.68. The predicted octanol–water partition coefficient (Wildman–Crippen LogP) is 3.00. The summed E-state index contributed by atoms with van der Waals surface area (Å²) in [6, 6.07) is 8.47. The van der Waals surface area contributed by atoms with Crippen LogP contribution in [0.5, 0.6) is 0 Å². The van der Waals surface area contributed by atoms with Crippen molar-refractivity contribution in [2.45, 2.75) is 20.8 Å². The van der Waals surface area contributed by atoms with E-state index in [4.69, 9.17) is 0 Å². The standard InChI is InChI=1S/C13H15I/c1-10(2)8-9-12-6-4-5-7-13(12)11(3)14/h4-9H,1-3H3/b12-9-,13-11+. The first-order valence-corrected chi connectivity index (χ1v) is 5.76. The molecule has 0 saturated carbocycles. The van der Waals surface area contributed by atoms with Crippen LogP contribution in [0.2, 0.25) is 0 Å². The number of benzene rings is 1. The van der Waals surface area contributed by atoms with Gasteiger partial charge in [0.1, 0.15) is 0 Å². The summed E-state index contributed by atoms with van der Waals surface area (Å²) in [6.45, 7) is 6.36. The molecule has 0 heterocycles. The molecule has 0 aromatic heterocycles. The lowest BCUT2D eigenvalue weighted by Gasteiger charge is -1.91. The van der Waals surface area contributed by atoms with Crippen molar-refractivity contribution in [3.8, 4) is 0 Å². The average molecular weight is 298 g/mol. The molecule has 1 aromatic carbocycles. The fourth-order valence-electron chi connectivity index (χ4n) is 1.21. The van der Waals surface area contributed by atoms with Crippen LogP contribution in [-0.4, -0.2) is 0 Å². The van der Waals surface area contributed by atoms with Crippen LogP contribution in [-0.2, 0) is 0 Å². The lowest BCUT2D eigenvalue weighted by atomic mass is 10.2. The van der Waals surface area contributed by atoms with E-state index in [1.165, 1.54) is 19.6 Å². The molecule has 1 rings (SSSR count). The van der Waals surface area contributed by atoms with Crippen LogP contribution in [0.4, 0.5) is 0 Å². The van der Waals surface area contributed by atoms with Crippen molar-refractivity contribution < 1.29 is 0 Å². The lowest BCUT2D eigenvalue weighted by molar-refractivity contribution is 1.40. The zero-order valence-electron chi connectivity index (χ0n) is 8.84. The van der Waals surface area contributed by atoms with Gasteiger partial charge < -0.3 is 0 Å². The maximum Gasteiger partial charge on any atom is -0.00467 e. The Kier molecular flexibility index (Phi) is 4.39. The van der Waals surface area contributed by atoms with Crippen LogP contribution in [0.1, 0.15) is 20.8 Å². The highest BCUT2D eigenvalue weighted by Gasteiger charge is 1.86. The van der Waals surface area contributed by atoms with Crippen molar-refractivity contribution >= 4 is 32.2 Å². The third kappa shape index (κ3) is 3.29. The van der Waals surface area contributed by atoms with Crippen molar-refractivity contribution in [2.75, 3.05) is 0 Å². The molecule has 0 nitrogen and oxygen atoms in total. The van der Waals surface area contributed by atoms with E-state index in [1.807, 2.05) is 0 Å². The maximum atomic E-state index is 2.37. The monoisotopic (exact) mass is 298 g/mol. The Hall–Kier alpha value is -0.570. The number of hydrogen-bond acceptors (Lipinski definition) is 0. The van der Waals surface area contributed by atoms with E-state index in [1.54, 1.807) is 0 Å². The van der Waals surface area contributed by atoms with Gasteiger partial charge in [0.05, 0.1) is 0 Å². The molecule has 0 spiro atoms. The Morgan fingerprint density at radius 3 is 2.36 bits per heavy atom. The van der Waals surface area contributed by atoms with Gasteiger partial charge in [-0.3, -0.25) is 0 Å². The largest absolute Gasteiger partial charge is 0.0764 e. The van der Waals surface area contributed by atoms with Gasteiger partial charge in [-0.15, -0.1) is 0 Å². The molecule has 0 aliphatic rings. The molecule has 0 saturated heterocycles. The van der Waals surface area contributed by atoms with Crippen molar-refractivity contribution in [1.82, 2.24) is 0 Å². The average Bonchev–Trinajstić information content (AvgIpc) is 2.15. The molecule has 74 valence electrons. The summed E-state index contributed by atoms with van der Waals surface area (Å²) < 4.78 is 1.33. The highest BCUT2D eigenvalue weighted by atomic mass is 127. The second-order valence-corrected chi connectivity index (χ2v) is 5.15. The third-order valence-corrected chi connectivity index (χ3v) is 2.51. The number of rotatable bonds is 1. The highest BCUT2D eigenvalue weighted by molar-refractivity contribution is 14.1. The maximum absolute atomic E-state index is 2.37. The molecule has 0 aliphatic carbocycles. The molecule has 0 fully saturated rings. The summed E-state index contributed by atoms with van der Waals surface area (Å²) >= 11 is 2.37. The summed E-state index contributed by atoms with van der Waals surface area (Å²) in [5, 5.41) is 2.62. The normalized spacial score (nSPS) is 13.9. The second kappa shape index (κ2) is 5.35. The molecular weight excluding hydrogens is 283 g/mol. The Bertz CT molecular complexity index is 444. The molecule has 1 aromatic rings. The smallest absolute Gasteiger partial charge is 0.00467 e. The minimum absolute atomic E-state index is 1.29. The van der Waals surface area contributed by atoms with Gasteiger partial charge in [-0.05, 0) is 57.4 Å². The van der Waals surface area contributed by atoms with Crippen molar-refractivity contribution in [1.29, 1.82) is 0 Å². The van der Waals surface area contributed by atoms with E-state index in [0.29, 0.717) is 0 Å². The molecule has 0 amide bonds. The first kappa shape index (κ1) is 11.5. The molecule has 14 heavy (non-hydrogen) atoms. The van der Waals surface area contributed by atoms with E-state index < -0.39 is 0 Å². The van der Waals surface area contributed by atoms with Gasteiger partial charge in [-0.2, -0.15) is 0 Å². The van der Waals surface area contributed by atoms with Crippen LogP contribution in [0.25, 0.3) is 9.66 Å². The van der Waals surface area contributed by atoms with E-state index in [0.717, 1.165) is 0 Å². The highest BCUT2D eigenvalue weighted by Crippen LogP contribution is 1.99. The van der Waals surface area contributed by atoms with Gasteiger partial charge in [0.2, 0.25) is 0 Å². The van der Waals surface area contributed by atoms with Crippen LogP contribution in [0.3, 0.4) is 0 Å². The minimum atomic E-state index is 1.29. The lowest BCUT2D eigenvalue weighted by Crippen LogP contribution is -2.24. The number of hydrogen-bond donors (Lipinski definition) is 0. The summed E-state index contributed by atoms with van der Waals surface area (Å²) in [4.78, 5) is 0. The van der Waals surface area contributed by atoms with Crippen LogP contribution in [0, 0.1) is 0 Å². The van der Waals surface area contributed by atoms with E-state index >= 15 is 0 Å². The molecule has 0 radical (unpaired) electrons. The molecular formula is C13H15I. The van der Waals surface area contributed by atoms with E-state index in [2.05, 4.69) is 79.8 Å². The fraction of sp³-hybridized carbons (Fsp3) is 0.231. The second-order valence-electron chi connectivity index (χ2n) is 3.53. The molecule has 0 atom stereocenters. The van der Waals surface area contributed by atoms with Crippen molar-refractivity contribution in [3.63, 3.8) is 0 Å². The number of allylic oxidation sites excluding steroid dienone is 2. The quantitative estimate of drug-likeness (QED) is 0.699. The topological polar surface area (TPSA) is 0 Å². The first-order chi connectivity index (χ1) is 6.61. The van der Waals surface area contributed by atoms with Gasteiger partial charge in [0.25, 0.3) is 0 Å². The molecule has 0 aliphatic heterocycles.